The Kier molecular flexibility index (Phi) is 8.77. The summed E-state index contributed by atoms with van der Waals surface area (Å²) in [5.41, 5.74) is 0.546. The maximum absolute atomic E-state index is 12.7. The third kappa shape index (κ3) is 5.64. The van der Waals surface area contributed by atoms with Crippen molar-refractivity contribution in [1.82, 2.24) is 0 Å². The van der Waals surface area contributed by atoms with Crippen LogP contribution in [0.15, 0.2) is 35.5 Å². The van der Waals surface area contributed by atoms with Gasteiger partial charge in [0.1, 0.15) is 6.10 Å². The maximum Gasteiger partial charge on any atom is 0.337 e. The molecule has 0 saturated carbocycles. The van der Waals surface area contributed by atoms with E-state index in [1.165, 1.54) is 20.1 Å². The third-order valence-electron chi connectivity index (χ3n) is 5.63. The van der Waals surface area contributed by atoms with Gasteiger partial charge in [0.05, 0.1) is 31.1 Å². The van der Waals surface area contributed by atoms with Gasteiger partial charge in [0, 0.05) is 12.5 Å². The van der Waals surface area contributed by atoms with E-state index in [0.29, 0.717) is 24.8 Å². The molecule has 2 rings (SSSR count). The van der Waals surface area contributed by atoms with Gasteiger partial charge in [0.15, 0.2) is 12.2 Å². The number of aliphatic hydroxyl groups is 1. The van der Waals surface area contributed by atoms with E-state index in [-0.39, 0.29) is 17.8 Å². The van der Waals surface area contributed by atoms with Crippen molar-refractivity contribution >= 4 is 23.9 Å². The van der Waals surface area contributed by atoms with Gasteiger partial charge in [-0.2, -0.15) is 0 Å². The molecule has 1 saturated heterocycles. The molecule has 1 heterocycles. The average molecular weight is 450 g/mol. The molecule has 1 aliphatic heterocycles. The van der Waals surface area contributed by atoms with Crippen LogP contribution >= 0.6 is 0 Å². The lowest BCUT2D eigenvalue weighted by molar-refractivity contribution is -0.172. The zero-order valence-corrected chi connectivity index (χ0v) is 18.8. The van der Waals surface area contributed by atoms with Crippen molar-refractivity contribution in [2.24, 2.45) is 11.8 Å². The number of aliphatic hydroxyl groups excluding tert-OH is 1. The van der Waals surface area contributed by atoms with Gasteiger partial charge in [0.25, 0.3) is 0 Å². The van der Waals surface area contributed by atoms with Crippen LogP contribution in [0.5, 0.6) is 0 Å². The Hall–Kier alpha value is -2.94. The molecule has 0 amide bonds. The highest BCUT2D eigenvalue weighted by Gasteiger charge is 2.50. The molecule has 32 heavy (non-hydrogen) atoms. The van der Waals surface area contributed by atoms with E-state index in [0.717, 1.165) is 0 Å². The van der Waals surface area contributed by atoms with Crippen molar-refractivity contribution in [3.63, 3.8) is 0 Å². The number of carbonyl (C=O) groups is 4. The van der Waals surface area contributed by atoms with Crippen LogP contribution in [0, 0.1) is 11.8 Å². The van der Waals surface area contributed by atoms with Crippen LogP contribution in [-0.4, -0.2) is 61.0 Å². The molecule has 1 fully saturated rings. The molecule has 1 aliphatic carbocycles. The van der Waals surface area contributed by atoms with Gasteiger partial charge in [0.2, 0.25) is 0 Å². The van der Waals surface area contributed by atoms with Crippen LogP contribution in [0.3, 0.4) is 0 Å². The van der Waals surface area contributed by atoms with E-state index < -0.39 is 54.0 Å². The summed E-state index contributed by atoms with van der Waals surface area (Å²) in [4.78, 5) is 49.8. The number of allylic oxidation sites excluding steroid dienone is 1. The van der Waals surface area contributed by atoms with Crippen LogP contribution in [0.1, 0.15) is 40.0 Å². The largest absolute Gasteiger partial charge is 0.466 e. The van der Waals surface area contributed by atoms with Crippen molar-refractivity contribution in [1.29, 1.82) is 0 Å². The number of esters is 4. The molecular formula is C23H30O9. The smallest absolute Gasteiger partial charge is 0.337 e. The summed E-state index contributed by atoms with van der Waals surface area (Å²) in [5.74, 6) is -4.22. The van der Waals surface area contributed by atoms with Crippen molar-refractivity contribution in [3.05, 3.63) is 35.5 Å². The molecule has 0 aromatic carbocycles. The van der Waals surface area contributed by atoms with Crippen LogP contribution in [0.25, 0.3) is 0 Å². The lowest BCUT2D eigenvalue weighted by atomic mass is 9.83. The van der Waals surface area contributed by atoms with Crippen LogP contribution in [0.2, 0.25) is 0 Å². The Bertz CT molecular complexity index is 838. The van der Waals surface area contributed by atoms with E-state index >= 15 is 0 Å². The molecule has 0 radical (unpaired) electrons. The highest BCUT2D eigenvalue weighted by Crippen LogP contribution is 2.38. The number of hydrogen-bond acceptors (Lipinski definition) is 9. The summed E-state index contributed by atoms with van der Waals surface area (Å²) in [6.07, 6.45) is 0.692. The first-order chi connectivity index (χ1) is 15.1. The normalized spacial score (nSPS) is 29.9. The standard InChI is InChI=1S/C23H30O9/c1-6-12(2)21(26)32-19-16(23(28)29-5)9-7-8-15(11-24)10-17-18(13(3)22(27)31-17)20(19)30-14(4)25/h9-10,12,17-20,24H,3,6-8,11H2,1-2,4-5H3/b15-10+,16-9+/t12-,17-,18+,19-,20+/m1/s1. The Morgan fingerprint density at radius 3 is 2.56 bits per heavy atom. The number of ether oxygens (including phenoxy) is 4. The number of hydrogen-bond donors (Lipinski definition) is 1. The van der Waals surface area contributed by atoms with Crippen LogP contribution in [-0.2, 0) is 38.1 Å². The second-order valence-corrected chi connectivity index (χ2v) is 7.83. The molecule has 0 spiro atoms. The molecule has 9 nitrogen and oxygen atoms in total. The monoisotopic (exact) mass is 450 g/mol. The Morgan fingerprint density at radius 2 is 2.00 bits per heavy atom. The highest BCUT2D eigenvalue weighted by molar-refractivity contribution is 5.93. The third-order valence-corrected chi connectivity index (χ3v) is 5.63. The molecule has 0 unspecified atom stereocenters. The van der Waals surface area contributed by atoms with Crippen molar-refractivity contribution in [2.45, 2.75) is 58.3 Å². The summed E-state index contributed by atoms with van der Waals surface area (Å²) < 4.78 is 21.5. The molecule has 9 heteroatoms. The van der Waals surface area contributed by atoms with Gasteiger partial charge in [-0.1, -0.05) is 26.5 Å². The van der Waals surface area contributed by atoms with Gasteiger partial charge in [-0.15, -0.1) is 0 Å². The minimum absolute atomic E-state index is 0.00386. The van der Waals surface area contributed by atoms with Crippen molar-refractivity contribution in [3.8, 4) is 0 Å². The summed E-state index contributed by atoms with van der Waals surface area (Å²) in [6, 6.07) is 0. The van der Waals surface area contributed by atoms with Gasteiger partial charge < -0.3 is 24.1 Å². The molecule has 0 aromatic rings. The average Bonchev–Trinajstić information content (AvgIpc) is 3.04. The fraction of sp³-hybridized carbons (Fsp3) is 0.565. The predicted molar refractivity (Wildman–Crippen MR) is 112 cm³/mol. The van der Waals surface area contributed by atoms with E-state index in [1.807, 2.05) is 6.92 Å². The van der Waals surface area contributed by atoms with Gasteiger partial charge in [-0.05, 0) is 30.9 Å². The lowest BCUT2D eigenvalue weighted by Gasteiger charge is -2.33. The molecule has 176 valence electrons. The van der Waals surface area contributed by atoms with Crippen LogP contribution in [0.4, 0.5) is 0 Å². The molecule has 2 aliphatic rings. The molecule has 5 atom stereocenters. The quantitative estimate of drug-likeness (QED) is 0.279. The van der Waals surface area contributed by atoms with Gasteiger partial charge >= 0.3 is 23.9 Å². The molecule has 0 bridgehead atoms. The topological polar surface area (TPSA) is 125 Å². The van der Waals surface area contributed by atoms with E-state index in [4.69, 9.17) is 18.9 Å². The molecule has 1 N–H and O–H groups in total. The number of fused-ring (bicyclic) bond motifs is 1. The fourth-order valence-electron chi connectivity index (χ4n) is 3.65. The Morgan fingerprint density at radius 1 is 1.31 bits per heavy atom. The van der Waals surface area contributed by atoms with Crippen molar-refractivity contribution < 1.29 is 43.2 Å². The zero-order valence-electron chi connectivity index (χ0n) is 18.8. The Labute approximate surface area is 187 Å². The van der Waals surface area contributed by atoms with Gasteiger partial charge in [-0.3, -0.25) is 9.59 Å². The van der Waals surface area contributed by atoms with E-state index in [9.17, 15) is 24.3 Å². The first-order valence-electron chi connectivity index (χ1n) is 10.5. The number of methoxy groups -OCH3 is 1. The van der Waals surface area contributed by atoms with Crippen LogP contribution < -0.4 is 0 Å². The van der Waals surface area contributed by atoms with E-state index in [1.54, 1.807) is 13.0 Å². The minimum atomic E-state index is -1.35. The summed E-state index contributed by atoms with van der Waals surface area (Å²) >= 11 is 0. The van der Waals surface area contributed by atoms with E-state index in [2.05, 4.69) is 6.58 Å². The Balaban J connectivity index is 2.69. The first-order valence-corrected chi connectivity index (χ1v) is 10.5. The number of carbonyl (C=O) groups excluding carboxylic acids is 4. The summed E-state index contributed by atoms with van der Waals surface area (Å²) in [7, 11) is 1.18. The second kappa shape index (κ2) is 11.1. The lowest BCUT2D eigenvalue weighted by Crippen LogP contribution is -2.46. The number of rotatable bonds is 6. The first kappa shape index (κ1) is 25.3. The SMILES string of the molecule is C=C1C(=O)O[C@@H]2/C=C(/CO)CC/C=C(/C(=O)OC)[C@@H](OC(=O)[C@H](C)CC)[C@@H](OC(C)=O)[C@@H]12. The second-order valence-electron chi connectivity index (χ2n) is 7.83. The summed E-state index contributed by atoms with van der Waals surface area (Å²) in [6.45, 7) is 8.13. The van der Waals surface area contributed by atoms with Crippen molar-refractivity contribution in [2.75, 3.05) is 13.7 Å². The minimum Gasteiger partial charge on any atom is -0.466 e. The summed E-state index contributed by atoms with van der Waals surface area (Å²) in [5, 5.41) is 9.72. The highest BCUT2D eigenvalue weighted by atomic mass is 16.6. The molecular weight excluding hydrogens is 420 g/mol. The zero-order chi connectivity index (χ0) is 24.0. The maximum atomic E-state index is 12.7. The van der Waals surface area contributed by atoms with Gasteiger partial charge in [-0.25, -0.2) is 9.59 Å². The predicted octanol–water partition coefficient (Wildman–Crippen LogP) is 1.79. The fourth-order valence-corrected chi connectivity index (χ4v) is 3.65. The molecule has 0 aromatic heterocycles.